The van der Waals surface area contributed by atoms with Gasteiger partial charge in [0.05, 0.1) is 0 Å². The Hall–Kier alpha value is -0.0800. The van der Waals surface area contributed by atoms with Crippen molar-refractivity contribution in [3.05, 3.63) is 0 Å². The molecule has 0 bridgehead atoms. The maximum atomic E-state index is 5.10. The van der Waals surface area contributed by atoms with Crippen molar-refractivity contribution in [2.45, 2.75) is 38.1 Å². The van der Waals surface area contributed by atoms with E-state index in [-0.39, 0.29) is 0 Å². The van der Waals surface area contributed by atoms with Crippen LogP contribution in [-0.2, 0) is 4.74 Å². The molecule has 2 fully saturated rings. The van der Waals surface area contributed by atoms with Crippen LogP contribution in [0.5, 0.6) is 0 Å². The minimum absolute atomic E-state index is 0.764. The van der Waals surface area contributed by atoms with Crippen LogP contribution in [0.3, 0.4) is 0 Å². The van der Waals surface area contributed by atoms with E-state index in [1.807, 2.05) is 0 Å². The Balaban J connectivity index is 1.71. The molecule has 2 saturated carbocycles. The van der Waals surface area contributed by atoms with Crippen molar-refractivity contribution in [1.29, 1.82) is 0 Å². The zero-order chi connectivity index (χ0) is 9.97. The largest absolute Gasteiger partial charge is 0.385 e. The third-order valence-corrected chi connectivity index (χ3v) is 4.17. The number of hydrogen-bond donors (Lipinski definition) is 1. The van der Waals surface area contributed by atoms with E-state index in [1.54, 1.807) is 7.11 Å². The van der Waals surface area contributed by atoms with Crippen LogP contribution in [0.15, 0.2) is 0 Å². The average molecular weight is 197 g/mol. The highest BCUT2D eigenvalue weighted by Crippen LogP contribution is 2.59. The molecule has 0 aromatic carbocycles. The zero-order valence-electron chi connectivity index (χ0n) is 9.46. The number of methoxy groups -OCH3 is 1. The molecule has 0 amide bonds. The van der Waals surface area contributed by atoms with Crippen LogP contribution in [0.1, 0.15) is 32.1 Å². The van der Waals surface area contributed by atoms with Crippen LogP contribution in [0.2, 0.25) is 0 Å². The van der Waals surface area contributed by atoms with Crippen LogP contribution in [0, 0.1) is 17.8 Å². The minimum Gasteiger partial charge on any atom is -0.385 e. The standard InChI is InChI=1S/C12H23NO/c1-13-11(7-4-8-14-2)12-9-5-3-6-10(9)12/h9-13H,3-8H2,1-2H3. The van der Waals surface area contributed by atoms with Gasteiger partial charge >= 0.3 is 0 Å². The highest BCUT2D eigenvalue weighted by atomic mass is 16.5. The molecule has 2 rings (SSSR count). The number of hydrogen-bond acceptors (Lipinski definition) is 2. The van der Waals surface area contributed by atoms with E-state index in [1.165, 1.54) is 32.1 Å². The number of fused-ring (bicyclic) bond motifs is 1. The summed E-state index contributed by atoms with van der Waals surface area (Å²) < 4.78 is 5.10. The van der Waals surface area contributed by atoms with Crippen molar-refractivity contribution in [1.82, 2.24) is 5.32 Å². The van der Waals surface area contributed by atoms with E-state index in [4.69, 9.17) is 4.74 Å². The molecule has 3 unspecified atom stereocenters. The first-order chi connectivity index (χ1) is 6.88. The van der Waals surface area contributed by atoms with Gasteiger partial charge in [-0.05, 0) is 50.5 Å². The zero-order valence-corrected chi connectivity index (χ0v) is 9.46. The van der Waals surface area contributed by atoms with E-state index in [2.05, 4.69) is 12.4 Å². The predicted molar refractivity (Wildman–Crippen MR) is 58.3 cm³/mol. The molecule has 2 aliphatic rings. The fraction of sp³-hybridized carbons (Fsp3) is 1.00. The molecule has 0 radical (unpaired) electrons. The van der Waals surface area contributed by atoms with Crippen molar-refractivity contribution < 1.29 is 4.74 Å². The first-order valence-corrected chi connectivity index (χ1v) is 6.04. The minimum atomic E-state index is 0.764. The fourth-order valence-electron chi connectivity index (χ4n) is 3.45. The number of nitrogens with one attached hydrogen (secondary N) is 1. The molecule has 0 spiro atoms. The molecule has 14 heavy (non-hydrogen) atoms. The van der Waals surface area contributed by atoms with Gasteiger partial charge in [-0.3, -0.25) is 0 Å². The lowest BCUT2D eigenvalue weighted by Crippen LogP contribution is -2.29. The monoisotopic (exact) mass is 197 g/mol. The molecule has 1 N–H and O–H groups in total. The average Bonchev–Trinajstić information content (AvgIpc) is 2.69. The first kappa shape index (κ1) is 10.4. The molecular formula is C12H23NO. The summed E-state index contributed by atoms with van der Waals surface area (Å²) in [5.74, 6) is 3.16. The van der Waals surface area contributed by atoms with Gasteiger partial charge in [-0.2, -0.15) is 0 Å². The maximum absolute atomic E-state index is 5.10. The summed E-state index contributed by atoms with van der Waals surface area (Å²) in [6.45, 7) is 0.917. The van der Waals surface area contributed by atoms with E-state index in [0.717, 1.165) is 30.4 Å². The Morgan fingerprint density at radius 3 is 2.64 bits per heavy atom. The van der Waals surface area contributed by atoms with E-state index in [9.17, 15) is 0 Å². The highest BCUT2D eigenvalue weighted by Gasteiger charge is 2.55. The van der Waals surface area contributed by atoms with Gasteiger partial charge in [-0.1, -0.05) is 6.42 Å². The molecule has 0 aliphatic heterocycles. The number of rotatable bonds is 6. The van der Waals surface area contributed by atoms with E-state index in [0.29, 0.717) is 0 Å². The van der Waals surface area contributed by atoms with E-state index < -0.39 is 0 Å². The summed E-state index contributed by atoms with van der Waals surface area (Å²) in [7, 11) is 3.91. The lowest BCUT2D eigenvalue weighted by molar-refractivity contribution is 0.186. The van der Waals surface area contributed by atoms with Crippen LogP contribution in [-0.4, -0.2) is 26.8 Å². The summed E-state index contributed by atoms with van der Waals surface area (Å²) in [6.07, 6.45) is 6.98. The van der Waals surface area contributed by atoms with Gasteiger partial charge in [0.25, 0.3) is 0 Å². The van der Waals surface area contributed by atoms with Crippen molar-refractivity contribution >= 4 is 0 Å². The Morgan fingerprint density at radius 2 is 2.07 bits per heavy atom. The van der Waals surface area contributed by atoms with Crippen molar-refractivity contribution in [3.63, 3.8) is 0 Å². The Kier molecular flexibility index (Phi) is 3.45. The maximum Gasteiger partial charge on any atom is 0.0462 e. The molecule has 0 heterocycles. The molecule has 3 atom stereocenters. The number of ether oxygens (including phenoxy) is 1. The SMILES string of the molecule is CNC(CCCOC)C1C2CCCC21. The molecule has 2 heteroatoms. The Morgan fingerprint density at radius 1 is 1.36 bits per heavy atom. The molecule has 82 valence electrons. The molecule has 0 aromatic rings. The van der Waals surface area contributed by atoms with Gasteiger partial charge in [0.2, 0.25) is 0 Å². The quantitative estimate of drug-likeness (QED) is 0.658. The summed E-state index contributed by atoms with van der Waals surface area (Å²) in [4.78, 5) is 0. The Bertz CT molecular complexity index is 173. The van der Waals surface area contributed by atoms with Crippen molar-refractivity contribution in [2.75, 3.05) is 20.8 Å². The highest BCUT2D eigenvalue weighted by molar-refractivity contribution is 5.05. The van der Waals surface area contributed by atoms with E-state index >= 15 is 0 Å². The topological polar surface area (TPSA) is 21.3 Å². The van der Waals surface area contributed by atoms with Gasteiger partial charge in [0.1, 0.15) is 0 Å². The molecule has 2 nitrogen and oxygen atoms in total. The smallest absolute Gasteiger partial charge is 0.0462 e. The molecular weight excluding hydrogens is 174 g/mol. The van der Waals surface area contributed by atoms with Gasteiger partial charge in [-0.15, -0.1) is 0 Å². The molecule has 0 saturated heterocycles. The van der Waals surface area contributed by atoms with Crippen molar-refractivity contribution in [2.24, 2.45) is 17.8 Å². The second-order valence-corrected chi connectivity index (χ2v) is 4.87. The Labute approximate surface area is 87.4 Å². The normalized spacial score (nSPS) is 36.9. The second kappa shape index (κ2) is 4.63. The fourth-order valence-corrected chi connectivity index (χ4v) is 3.45. The summed E-state index contributed by atoms with van der Waals surface area (Å²) >= 11 is 0. The first-order valence-electron chi connectivity index (χ1n) is 6.04. The van der Waals surface area contributed by atoms with Gasteiger partial charge < -0.3 is 10.1 Å². The van der Waals surface area contributed by atoms with Crippen molar-refractivity contribution in [3.8, 4) is 0 Å². The van der Waals surface area contributed by atoms with Gasteiger partial charge in [-0.25, -0.2) is 0 Å². The molecule has 2 aliphatic carbocycles. The van der Waals surface area contributed by atoms with Crippen LogP contribution in [0.25, 0.3) is 0 Å². The summed E-state index contributed by atoms with van der Waals surface area (Å²) in [5, 5.41) is 3.50. The molecule has 0 aromatic heterocycles. The lowest BCUT2D eigenvalue weighted by atomic mass is 10.0. The summed E-state index contributed by atoms with van der Waals surface area (Å²) in [5.41, 5.74) is 0. The third kappa shape index (κ3) is 1.96. The van der Waals surface area contributed by atoms with Crippen LogP contribution in [0.4, 0.5) is 0 Å². The lowest BCUT2D eigenvalue weighted by Gasteiger charge is -2.17. The van der Waals surface area contributed by atoms with Gasteiger partial charge in [0, 0.05) is 19.8 Å². The second-order valence-electron chi connectivity index (χ2n) is 4.87. The third-order valence-electron chi connectivity index (χ3n) is 4.17. The van der Waals surface area contributed by atoms with Crippen LogP contribution >= 0.6 is 0 Å². The summed E-state index contributed by atoms with van der Waals surface area (Å²) in [6, 6.07) is 0.764. The van der Waals surface area contributed by atoms with Crippen LogP contribution < -0.4 is 5.32 Å². The van der Waals surface area contributed by atoms with Gasteiger partial charge in [0.15, 0.2) is 0 Å². The predicted octanol–water partition coefficient (Wildman–Crippen LogP) is 2.05.